The lowest BCUT2D eigenvalue weighted by atomic mass is 9.98. The molecule has 43 heavy (non-hydrogen) atoms. The van der Waals surface area contributed by atoms with Crippen molar-refractivity contribution in [3.8, 4) is 34.5 Å². The van der Waals surface area contributed by atoms with E-state index in [1.807, 2.05) is 0 Å². The second-order valence-corrected chi connectivity index (χ2v) is 10.5. The van der Waals surface area contributed by atoms with E-state index in [0.29, 0.717) is 0 Å². The Hall–Kier alpha value is -3.58. The Morgan fingerprint density at radius 3 is 2.09 bits per heavy atom. The molecule has 2 aromatic rings. The first-order valence-electron chi connectivity index (χ1n) is 13.2. The highest BCUT2D eigenvalue weighted by Gasteiger charge is 2.48. The molecule has 0 amide bonds. The number of aliphatic hydroxyl groups is 7. The van der Waals surface area contributed by atoms with Crippen LogP contribution in [0.1, 0.15) is 24.2 Å². The van der Waals surface area contributed by atoms with E-state index in [0.717, 1.165) is 6.07 Å². The lowest BCUT2D eigenvalue weighted by Gasteiger charge is -2.42. The summed E-state index contributed by atoms with van der Waals surface area (Å²) in [6.07, 6.45) is -15.4. The Balaban J connectivity index is 1.41. The van der Waals surface area contributed by atoms with Crippen molar-refractivity contribution in [2.24, 2.45) is 0 Å². The normalized spacial score (nSPS) is 35.9. The average Bonchev–Trinajstić information content (AvgIpc) is 2.98. The van der Waals surface area contributed by atoms with E-state index in [1.54, 1.807) is 0 Å². The smallest absolute Gasteiger partial charge is 0.270 e. The number of fused-ring (bicyclic) bond motifs is 1. The number of phenols is 5. The third kappa shape index (κ3) is 5.72. The fourth-order valence-corrected chi connectivity index (χ4v) is 4.99. The average molecular weight is 614 g/mol. The molecule has 2 saturated heterocycles. The molecule has 11 atom stereocenters. The van der Waals surface area contributed by atoms with Gasteiger partial charge in [0.25, 0.3) is 11.9 Å². The van der Waals surface area contributed by atoms with Crippen LogP contribution in [0.15, 0.2) is 30.0 Å². The zero-order valence-corrected chi connectivity index (χ0v) is 22.4. The van der Waals surface area contributed by atoms with Gasteiger partial charge in [0.05, 0.1) is 24.3 Å². The summed E-state index contributed by atoms with van der Waals surface area (Å²) in [7, 11) is 0. The molecule has 0 aromatic heterocycles. The Labute approximate surface area is 243 Å². The van der Waals surface area contributed by atoms with Crippen molar-refractivity contribution in [1.29, 1.82) is 0 Å². The summed E-state index contributed by atoms with van der Waals surface area (Å²) in [5, 5.41) is 112. The van der Waals surface area contributed by atoms with E-state index in [1.165, 1.54) is 31.2 Å². The van der Waals surface area contributed by atoms with Crippen LogP contribution in [0.3, 0.4) is 0 Å². The van der Waals surface area contributed by atoms with Gasteiger partial charge in [-0.25, -0.2) is 0 Å². The molecular weight excluding hydrogens is 580 g/mol. The summed E-state index contributed by atoms with van der Waals surface area (Å²) >= 11 is 0. The maximum Gasteiger partial charge on any atom is 0.270 e. The number of benzene rings is 2. The maximum absolute atomic E-state index is 10.7. The van der Waals surface area contributed by atoms with Crippen LogP contribution in [0.25, 0.3) is 6.08 Å². The van der Waals surface area contributed by atoms with Gasteiger partial charge in [-0.1, -0.05) is 0 Å². The van der Waals surface area contributed by atoms with Crippen LogP contribution >= 0.6 is 0 Å². The van der Waals surface area contributed by atoms with E-state index >= 15 is 0 Å². The minimum atomic E-state index is -1.85. The Morgan fingerprint density at radius 1 is 0.721 bits per heavy atom. The van der Waals surface area contributed by atoms with Crippen LogP contribution in [-0.2, 0) is 18.9 Å². The summed E-state index contributed by atoms with van der Waals surface area (Å²) in [5.41, 5.74) is 0.150. The molecule has 16 heteroatoms. The van der Waals surface area contributed by atoms with Gasteiger partial charge in [-0.3, -0.25) is 0 Å². The minimum Gasteiger partial charge on any atom is -0.571 e. The fourth-order valence-electron chi connectivity index (χ4n) is 4.99. The third-order valence-electron chi connectivity index (χ3n) is 7.56. The highest BCUT2D eigenvalue weighted by atomic mass is 16.7. The Morgan fingerprint density at radius 2 is 1.40 bits per heavy atom. The molecule has 3 heterocycles. The molecule has 0 radical (unpaired) electrons. The molecule has 12 N–H and O–H groups in total. The number of hydrogen-bond acceptors (Lipinski definition) is 15. The summed E-state index contributed by atoms with van der Waals surface area (Å²) in [6.45, 7) is 0.897. The number of phenolic OH excluding ortho intramolecular Hbond substituents is 5. The molecular formula is C27H33O16+. The number of ether oxygens (including phenoxy) is 5. The van der Waals surface area contributed by atoms with Gasteiger partial charge in [0.15, 0.2) is 35.0 Å². The van der Waals surface area contributed by atoms with Crippen molar-refractivity contribution in [2.75, 3.05) is 6.61 Å². The lowest BCUT2D eigenvalue weighted by Crippen LogP contribution is -2.61. The Bertz CT molecular complexity index is 1360. The van der Waals surface area contributed by atoms with Crippen molar-refractivity contribution in [3.63, 3.8) is 0 Å². The molecule has 0 saturated carbocycles. The number of rotatable bonds is 6. The fraction of sp³-hybridized carbons (Fsp3) is 0.481. The first kappa shape index (κ1) is 30.9. The van der Waals surface area contributed by atoms with Gasteiger partial charge in [-0.2, -0.15) is 0 Å². The number of hydrogen-bond donors (Lipinski definition) is 11. The topological polar surface area (TPSA) is 272 Å². The molecule has 16 nitrogen and oxygen atoms in total. The molecule has 0 bridgehead atoms. The third-order valence-corrected chi connectivity index (χ3v) is 7.56. The zero-order chi connectivity index (χ0) is 31.3. The van der Waals surface area contributed by atoms with E-state index in [-0.39, 0.29) is 22.6 Å². The van der Waals surface area contributed by atoms with Crippen LogP contribution in [0, 0.1) is 0 Å². The number of aromatic hydroxyl groups is 6. The van der Waals surface area contributed by atoms with Gasteiger partial charge >= 0.3 is 0 Å². The molecule has 2 aromatic carbocycles. The van der Waals surface area contributed by atoms with Crippen molar-refractivity contribution in [2.45, 2.75) is 74.4 Å². The van der Waals surface area contributed by atoms with Gasteiger partial charge in [0.2, 0.25) is 12.0 Å². The van der Waals surface area contributed by atoms with E-state index < -0.39 is 103 Å². The predicted molar refractivity (Wildman–Crippen MR) is 140 cm³/mol. The highest BCUT2D eigenvalue weighted by Crippen LogP contribution is 2.50. The maximum atomic E-state index is 10.7. The van der Waals surface area contributed by atoms with Crippen LogP contribution < -0.4 is 0 Å². The Kier molecular flexibility index (Phi) is 8.50. The van der Waals surface area contributed by atoms with Gasteiger partial charge in [-0.15, -0.1) is 0 Å². The van der Waals surface area contributed by atoms with Gasteiger partial charge < -0.3 is 79.9 Å². The summed E-state index contributed by atoms with van der Waals surface area (Å²) in [6, 6.07) is 4.81. The van der Waals surface area contributed by atoms with Crippen LogP contribution in [0.2, 0.25) is 0 Å². The largest absolute Gasteiger partial charge is 0.571 e. The molecule has 3 aliphatic rings. The van der Waals surface area contributed by atoms with Gasteiger partial charge in [0, 0.05) is 6.08 Å². The lowest BCUT2D eigenvalue weighted by molar-refractivity contribution is -0.325. The van der Waals surface area contributed by atoms with Crippen LogP contribution in [0.5, 0.6) is 34.5 Å². The first-order valence-corrected chi connectivity index (χ1v) is 13.2. The molecule has 3 aliphatic heterocycles. The quantitative estimate of drug-likeness (QED) is 0.0976. The van der Waals surface area contributed by atoms with Gasteiger partial charge in [-0.05, 0) is 25.1 Å². The number of aliphatic hydroxyl groups excluding tert-OH is 6. The minimum absolute atomic E-state index is 0.0112. The van der Waals surface area contributed by atoms with Crippen LogP contribution in [-0.4, -0.2) is 129 Å². The van der Waals surface area contributed by atoms with E-state index in [9.17, 15) is 56.2 Å². The predicted octanol–water partition coefficient (Wildman–Crippen LogP) is -1.78. The molecule has 1 unspecified atom stereocenters. The zero-order valence-electron chi connectivity index (χ0n) is 22.4. The standard InChI is InChI=1S/C27H32O16/c1-8-17(31)21(35)23(37)26(40-8)39-7-16-20(34)22(36)24(38)27(43-16)42-15-5-10-14(6-13(30)19(33)18(10)32)41-25(15)9-2-3-11(28)12(29)4-9/h2-6,8,16-17,20-38H,7H2,1H3/p+1/t8-,16+,17-,20+,21-,22+,23+,24+,25?,26+,27+/m0/s1. The molecule has 5 rings (SSSR count). The van der Waals surface area contributed by atoms with Crippen molar-refractivity contribution >= 4 is 6.08 Å². The van der Waals surface area contributed by atoms with Crippen LogP contribution in [0.4, 0.5) is 0 Å². The van der Waals surface area contributed by atoms with Crippen molar-refractivity contribution in [1.82, 2.24) is 0 Å². The molecule has 0 aliphatic carbocycles. The van der Waals surface area contributed by atoms with Crippen molar-refractivity contribution in [3.05, 3.63) is 41.2 Å². The molecule has 0 spiro atoms. The summed E-state index contributed by atoms with van der Waals surface area (Å²) < 4.78 is 26.8. The second kappa shape index (κ2) is 11.8. The first-order chi connectivity index (χ1) is 20.3. The van der Waals surface area contributed by atoms with Crippen molar-refractivity contribution < 1.29 is 79.9 Å². The van der Waals surface area contributed by atoms with Gasteiger partial charge in [0.1, 0.15) is 48.3 Å². The summed E-state index contributed by atoms with van der Waals surface area (Å²) in [4.78, 5) is 0. The monoisotopic (exact) mass is 613 g/mol. The SMILES string of the molecule is C[C@@H]1O[C@@H](OC[C@H]2O[C@@H](OC3=Cc4c(cc(O)c(O)c4O)[OH+]C3c3ccc(O)c(O)c3)[C@H](O)[C@H](O)[C@@H]2O)[C@H](O)[C@@H](O)[C@H]1O. The second-order valence-electron chi connectivity index (χ2n) is 10.5. The van der Waals surface area contributed by atoms with E-state index in [4.69, 9.17) is 18.9 Å². The van der Waals surface area contributed by atoms with E-state index in [2.05, 4.69) is 4.74 Å². The summed E-state index contributed by atoms with van der Waals surface area (Å²) in [5.74, 6) is -3.32. The molecule has 236 valence electrons. The molecule has 2 fully saturated rings. The highest BCUT2D eigenvalue weighted by molar-refractivity contribution is 5.73.